The molecule has 7 heteroatoms. The zero-order valence-electron chi connectivity index (χ0n) is 15.2. The summed E-state index contributed by atoms with van der Waals surface area (Å²) in [5.41, 5.74) is 1.15. The van der Waals surface area contributed by atoms with Gasteiger partial charge in [0.1, 0.15) is 11.6 Å². The van der Waals surface area contributed by atoms with E-state index in [9.17, 15) is 17.2 Å². The highest BCUT2D eigenvalue weighted by atomic mass is 35.5. The van der Waals surface area contributed by atoms with Gasteiger partial charge in [0.25, 0.3) is 10.0 Å². The van der Waals surface area contributed by atoms with Crippen molar-refractivity contribution < 1.29 is 17.2 Å². The lowest BCUT2D eigenvalue weighted by Gasteiger charge is -2.31. The molecule has 0 saturated heterocycles. The maximum Gasteiger partial charge on any atom is 0.264 e. The van der Waals surface area contributed by atoms with Crippen LogP contribution in [-0.2, 0) is 10.0 Å². The van der Waals surface area contributed by atoms with Crippen molar-refractivity contribution in [2.45, 2.75) is 24.8 Å². The quantitative estimate of drug-likeness (QED) is 0.515. The molecule has 0 spiro atoms. The molecule has 1 unspecified atom stereocenters. The average Bonchev–Trinajstić information content (AvgIpc) is 2.65. The molecule has 0 aliphatic heterocycles. The molecule has 0 aliphatic rings. The summed E-state index contributed by atoms with van der Waals surface area (Å²) < 4.78 is 55.8. The molecule has 0 aromatic heterocycles. The van der Waals surface area contributed by atoms with Crippen molar-refractivity contribution in [2.75, 3.05) is 4.31 Å². The Bertz CT molecular complexity index is 1100. The van der Waals surface area contributed by atoms with Crippen LogP contribution in [0, 0.1) is 18.6 Å². The summed E-state index contributed by atoms with van der Waals surface area (Å²) in [6, 6.07) is 14.5. The van der Waals surface area contributed by atoms with Gasteiger partial charge < -0.3 is 0 Å². The molecule has 0 fully saturated rings. The van der Waals surface area contributed by atoms with Gasteiger partial charge in [-0.2, -0.15) is 0 Å². The Morgan fingerprint density at radius 3 is 2.21 bits per heavy atom. The van der Waals surface area contributed by atoms with E-state index in [0.29, 0.717) is 5.02 Å². The lowest BCUT2D eigenvalue weighted by molar-refractivity contribution is 0.569. The van der Waals surface area contributed by atoms with Crippen LogP contribution >= 0.6 is 11.6 Å². The van der Waals surface area contributed by atoms with E-state index in [4.69, 9.17) is 11.6 Å². The Balaban J connectivity index is 2.19. The molecular formula is C21H18ClF2NO2S. The molecular weight excluding hydrogens is 404 g/mol. The SMILES string of the molecule is Cc1ccc(S(=O)(=O)N(c2ccc(F)cc2)C(C)c2ccccc2F)cc1Cl. The summed E-state index contributed by atoms with van der Waals surface area (Å²) in [7, 11) is -4.11. The zero-order chi connectivity index (χ0) is 20.5. The van der Waals surface area contributed by atoms with E-state index in [0.717, 1.165) is 22.0 Å². The normalized spacial score (nSPS) is 12.6. The number of benzene rings is 3. The van der Waals surface area contributed by atoms with E-state index in [1.807, 2.05) is 0 Å². The largest absolute Gasteiger partial charge is 0.264 e. The Kier molecular flexibility index (Phi) is 5.72. The van der Waals surface area contributed by atoms with Gasteiger partial charge in [-0.3, -0.25) is 4.31 Å². The number of rotatable bonds is 5. The molecule has 146 valence electrons. The number of anilines is 1. The van der Waals surface area contributed by atoms with E-state index in [1.54, 1.807) is 26.0 Å². The number of hydrogen-bond donors (Lipinski definition) is 0. The van der Waals surface area contributed by atoms with Crippen LogP contribution in [0.5, 0.6) is 0 Å². The van der Waals surface area contributed by atoms with Crippen molar-refractivity contribution >= 4 is 27.3 Å². The smallest absolute Gasteiger partial charge is 0.259 e. The van der Waals surface area contributed by atoms with Gasteiger partial charge in [0.15, 0.2) is 0 Å². The topological polar surface area (TPSA) is 37.4 Å². The van der Waals surface area contributed by atoms with Crippen LogP contribution in [0.4, 0.5) is 14.5 Å². The van der Waals surface area contributed by atoms with Gasteiger partial charge in [0.05, 0.1) is 16.6 Å². The predicted octanol–water partition coefficient (Wildman–Crippen LogP) is 5.88. The zero-order valence-corrected chi connectivity index (χ0v) is 16.8. The average molecular weight is 422 g/mol. The molecule has 28 heavy (non-hydrogen) atoms. The van der Waals surface area contributed by atoms with Crippen molar-refractivity contribution in [3.8, 4) is 0 Å². The second-order valence-corrected chi connectivity index (χ2v) is 8.61. The summed E-state index contributed by atoms with van der Waals surface area (Å²) in [6.45, 7) is 3.34. The Hall–Kier alpha value is -2.44. The van der Waals surface area contributed by atoms with Gasteiger partial charge in [-0.15, -0.1) is 0 Å². The van der Waals surface area contributed by atoms with E-state index in [1.165, 1.54) is 42.5 Å². The van der Waals surface area contributed by atoms with Crippen molar-refractivity contribution in [1.29, 1.82) is 0 Å². The fourth-order valence-corrected chi connectivity index (χ4v) is 4.85. The molecule has 1 atom stereocenters. The van der Waals surface area contributed by atoms with E-state index < -0.39 is 27.7 Å². The van der Waals surface area contributed by atoms with Crippen LogP contribution in [0.3, 0.4) is 0 Å². The van der Waals surface area contributed by atoms with Gasteiger partial charge >= 0.3 is 0 Å². The highest BCUT2D eigenvalue weighted by Crippen LogP contribution is 2.35. The molecule has 0 heterocycles. The van der Waals surface area contributed by atoms with Crippen molar-refractivity contribution in [3.63, 3.8) is 0 Å². The van der Waals surface area contributed by atoms with Crippen molar-refractivity contribution in [2.24, 2.45) is 0 Å². The van der Waals surface area contributed by atoms with Gasteiger partial charge in [-0.1, -0.05) is 35.9 Å². The monoisotopic (exact) mass is 421 g/mol. The van der Waals surface area contributed by atoms with Crippen LogP contribution < -0.4 is 4.31 Å². The molecule has 0 radical (unpaired) electrons. The highest BCUT2D eigenvalue weighted by molar-refractivity contribution is 7.92. The summed E-state index contributed by atoms with van der Waals surface area (Å²) >= 11 is 6.12. The minimum atomic E-state index is -4.11. The standard InChI is InChI=1S/C21H18ClF2NO2S/c1-14-7-12-18(13-20(14)22)28(26,27)25(17-10-8-16(23)9-11-17)15(2)19-5-3-4-6-21(19)24/h3-13,15H,1-2H3. The summed E-state index contributed by atoms with van der Waals surface area (Å²) in [4.78, 5) is -0.0318. The number of aryl methyl sites for hydroxylation is 1. The summed E-state index contributed by atoms with van der Waals surface area (Å²) in [5.74, 6) is -1.03. The molecule has 3 aromatic rings. The van der Waals surface area contributed by atoms with Crippen LogP contribution in [0.2, 0.25) is 5.02 Å². The Morgan fingerprint density at radius 1 is 0.964 bits per heavy atom. The van der Waals surface area contributed by atoms with Crippen LogP contribution in [-0.4, -0.2) is 8.42 Å². The molecule has 0 saturated carbocycles. The lowest BCUT2D eigenvalue weighted by Crippen LogP contribution is -2.34. The highest BCUT2D eigenvalue weighted by Gasteiger charge is 2.32. The second-order valence-electron chi connectivity index (χ2n) is 6.39. The van der Waals surface area contributed by atoms with E-state index >= 15 is 0 Å². The third kappa shape index (κ3) is 3.88. The number of sulfonamides is 1. The number of halogens is 3. The van der Waals surface area contributed by atoms with Crippen molar-refractivity contribution in [3.05, 3.63) is 94.5 Å². The van der Waals surface area contributed by atoms with Crippen LogP contribution in [0.1, 0.15) is 24.1 Å². The molecule has 0 bridgehead atoms. The fraction of sp³-hybridized carbons (Fsp3) is 0.143. The minimum Gasteiger partial charge on any atom is -0.259 e. The summed E-state index contributed by atoms with van der Waals surface area (Å²) in [6.07, 6.45) is 0. The first kappa shape index (κ1) is 20.3. The predicted molar refractivity (Wildman–Crippen MR) is 107 cm³/mol. The van der Waals surface area contributed by atoms with Gasteiger partial charge in [0.2, 0.25) is 0 Å². The molecule has 3 rings (SSSR count). The molecule has 0 amide bonds. The third-order valence-electron chi connectivity index (χ3n) is 4.49. The maximum atomic E-state index is 14.4. The molecule has 0 aliphatic carbocycles. The van der Waals surface area contributed by atoms with Gasteiger partial charge in [-0.05, 0) is 61.9 Å². The van der Waals surface area contributed by atoms with Crippen LogP contribution in [0.25, 0.3) is 0 Å². The van der Waals surface area contributed by atoms with Gasteiger partial charge in [0, 0.05) is 10.6 Å². The van der Waals surface area contributed by atoms with E-state index in [2.05, 4.69) is 0 Å². The van der Waals surface area contributed by atoms with Gasteiger partial charge in [-0.25, -0.2) is 17.2 Å². The molecule has 3 aromatic carbocycles. The molecule has 0 N–H and O–H groups in total. The summed E-state index contributed by atoms with van der Waals surface area (Å²) in [5, 5.41) is 0.304. The van der Waals surface area contributed by atoms with Crippen LogP contribution in [0.15, 0.2) is 71.6 Å². The first-order valence-corrected chi connectivity index (χ1v) is 10.3. The fourth-order valence-electron chi connectivity index (χ4n) is 2.95. The third-order valence-corrected chi connectivity index (χ3v) is 6.79. The minimum absolute atomic E-state index is 0.0318. The first-order valence-electron chi connectivity index (χ1n) is 8.52. The second kappa shape index (κ2) is 7.89. The lowest BCUT2D eigenvalue weighted by atomic mass is 10.1. The Labute approximate surface area is 168 Å². The van der Waals surface area contributed by atoms with E-state index in [-0.39, 0.29) is 16.1 Å². The Morgan fingerprint density at radius 2 is 1.61 bits per heavy atom. The van der Waals surface area contributed by atoms with Crippen molar-refractivity contribution in [1.82, 2.24) is 0 Å². The number of nitrogens with zero attached hydrogens (tertiary/aromatic N) is 1. The number of hydrogen-bond acceptors (Lipinski definition) is 2. The first-order chi connectivity index (χ1) is 13.2. The maximum absolute atomic E-state index is 14.4. The molecule has 3 nitrogen and oxygen atoms in total.